The van der Waals surface area contributed by atoms with E-state index in [9.17, 15) is 0 Å². The van der Waals surface area contributed by atoms with E-state index in [0.717, 1.165) is 18.6 Å². The van der Waals surface area contributed by atoms with Crippen molar-refractivity contribution in [2.24, 2.45) is 5.73 Å². The second-order valence-electron chi connectivity index (χ2n) is 5.40. The molecule has 2 aromatic carbocycles. The van der Waals surface area contributed by atoms with E-state index >= 15 is 0 Å². The van der Waals surface area contributed by atoms with Crippen molar-refractivity contribution in [1.29, 1.82) is 0 Å². The van der Waals surface area contributed by atoms with E-state index in [1.165, 1.54) is 22.3 Å². The Bertz CT molecular complexity index is 577. The van der Waals surface area contributed by atoms with Crippen LogP contribution in [0.25, 0.3) is 0 Å². The second-order valence-corrected chi connectivity index (χ2v) is 5.40. The van der Waals surface area contributed by atoms with Gasteiger partial charge in [-0.2, -0.15) is 0 Å². The first kappa shape index (κ1) is 14.6. The second kappa shape index (κ2) is 6.58. The molecular weight excluding hydrogens is 246 g/mol. The minimum absolute atomic E-state index is 0.105. The zero-order valence-corrected chi connectivity index (χ0v) is 12.5. The summed E-state index contributed by atoms with van der Waals surface area (Å²) in [6.45, 7) is 4.28. The molecule has 20 heavy (non-hydrogen) atoms. The molecule has 106 valence electrons. The van der Waals surface area contributed by atoms with Gasteiger partial charge in [0, 0.05) is 6.04 Å². The smallest absolute Gasteiger partial charge is 0.122 e. The first-order chi connectivity index (χ1) is 9.60. The Morgan fingerprint density at radius 2 is 1.75 bits per heavy atom. The van der Waals surface area contributed by atoms with Gasteiger partial charge in [-0.15, -0.1) is 0 Å². The maximum Gasteiger partial charge on any atom is 0.122 e. The Hall–Kier alpha value is -1.80. The summed E-state index contributed by atoms with van der Waals surface area (Å²) in [6.07, 6.45) is 1.72. The summed E-state index contributed by atoms with van der Waals surface area (Å²) in [5, 5.41) is 0. The van der Waals surface area contributed by atoms with Crippen LogP contribution in [0.2, 0.25) is 0 Å². The number of hydrogen-bond donors (Lipinski definition) is 1. The quantitative estimate of drug-likeness (QED) is 0.902. The molecule has 0 aliphatic carbocycles. The van der Waals surface area contributed by atoms with E-state index in [4.69, 9.17) is 10.5 Å². The fraction of sp³-hybridized carbons (Fsp3) is 0.333. The van der Waals surface area contributed by atoms with Crippen molar-refractivity contribution < 1.29 is 4.74 Å². The highest BCUT2D eigenvalue weighted by molar-refractivity contribution is 5.35. The van der Waals surface area contributed by atoms with Crippen molar-refractivity contribution in [3.63, 3.8) is 0 Å². The molecule has 0 aliphatic rings. The van der Waals surface area contributed by atoms with E-state index in [1.807, 2.05) is 18.2 Å². The third kappa shape index (κ3) is 3.61. The summed E-state index contributed by atoms with van der Waals surface area (Å²) in [6, 6.07) is 14.8. The minimum Gasteiger partial charge on any atom is -0.496 e. The van der Waals surface area contributed by atoms with Crippen LogP contribution in [-0.2, 0) is 12.8 Å². The molecule has 2 nitrogen and oxygen atoms in total. The van der Waals surface area contributed by atoms with Crippen molar-refractivity contribution in [1.82, 2.24) is 0 Å². The number of benzene rings is 2. The predicted octanol–water partition coefficient (Wildman–Crippen LogP) is 3.42. The standard InChI is InChI=1S/C18H23NO/c1-13-8-9-15(10-14(13)2)11-17(19)12-16-6-4-5-7-18(16)20-3/h4-10,17H,11-12,19H2,1-3H3. The zero-order chi connectivity index (χ0) is 14.5. The molecule has 1 atom stereocenters. The molecule has 0 heterocycles. The Balaban J connectivity index is 2.05. The molecule has 0 aliphatic heterocycles. The Labute approximate surface area is 121 Å². The van der Waals surface area contributed by atoms with Gasteiger partial charge in [-0.05, 0) is 55.0 Å². The van der Waals surface area contributed by atoms with Gasteiger partial charge in [0.15, 0.2) is 0 Å². The summed E-state index contributed by atoms with van der Waals surface area (Å²) >= 11 is 0. The Morgan fingerprint density at radius 1 is 1.00 bits per heavy atom. The summed E-state index contributed by atoms with van der Waals surface area (Å²) in [7, 11) is 1.70. The molecule has 0 bridgehead atoms. The van der Waals surface area contributed by atoms with E-state index in [1.54, 1.807) is 7.11 Å². The van der Waals surface area contributed by atoms with E-state index in [-0.39, 0.29) is 6.04 Å². The van der Waals surface area contributed by atoms with Gasteiger partial charge in [-0.3, -0.25) is 0 Å². The van der Waals surface area contributed by atoms with E-state index in [0.29, 0.717) is 0 Å². The highest BCUT2D eigenvalue weighted by Crippen LogP contribution is 2.20. The molecule has 0 fully saturated rings. The van der Waals surface area contributed by atoms with Crippen LogP contribution in [0.4, 0.5) is 0 Å². The van der Waals surface area contributed by atoms with Gasteiger partial charge in [0.1, 0.15) is 5.75 Å². The lowest BCUT2D eigenvalue weighted by Gasteiger charge is -2.15. The summed E-state index contributed by atoms with van der Waals surface area (Å²) in [4.78, 5) is 0. The summed E-state index contributed by atoms with van der Waals surface area (Å²) < 4.78 is 5.38. The monoisotopic (exact) mass is 269 g/mol. The molecule has 0 aromatic heterocycles. The minimum atomic E-state index is 0.105. The third-order valence-electron chi connectivity index (χ3n) is 3.74. The van der Waals surface area contributed by atoms with Crippen LogP contribution in [0.15, 0.2) is 42.5 Å². The molecule has 0 spiro atoms. The van der Waals surface area contributed by atoms with Gasteiger partial charge in [0.25, 0.3) is 0 Å². The predicted molar refractivity (Wildman–Crippen MR) is 84.3 cm³/mol. The van der Waals surface area contributed by atoms with Crippen molar-refractivity contribution in [3.05, 3.63) is 64.7 Å². The highest BCUT2D eigenvalue weighted by Gasteiger charge is 2.09. The molecule has 2 heteroatoms. The van der Waals surface area contributed by atoms with Crippen molar-refractivity contribution in [2.45, 2.75) is 32.7 Å². The first-order valence-electron chi connectivity index (χ1n) is 7.03. The van der Waals surface area contributed by atoms with Crippen LogP contribution in [0.1, 0.15) is 22.3 Å². The maximum absolute atomic E-state index is 6.29. The van der Waals surface area contributed by atoms with Gasteiger partial charge in [0.05, 0.1) is 7.11 Å². The normalized spacial score (nSPS) is 12.2. The molecule has 0 saturated heterocycles. The van der Waals surface area contributed by atoms with Crippen LogP contribution in [-0.4, -0.2) is 13.2 Å². The fourth-order valence-electron chi connectivity index (χ4n) is 2.46. The molecule has 0 saturated carbocycles. The van der Waals surface area contributed by atoms with Crippen molar-refractivity contribution in [3.8, 4) is 5.75 Å². The molecule has 2 rings (SSSR count). The molecule has 0 amide bonds. The molecule has 2 aromatic rings. The number of aryl methyl sites for hydroxylation is 2. The number of methoxy groups -OCH3 is 1. The highest BCUT2D eigenvalue weighted by atomic mass is 16.5. The average Bonchev–Trinajstić information content (AvgIpc) is 2.43. The lowest BCUT2D eigenvalue weighted by atomic mass is 9.97. The Morgan fingerprint density at radius 3 is 2.45 bits per heavy atom. The lowest BCUT2D eigenvalue weighted by Crippen LogP contribution is -2.25. The van der Waals surface area contributed by atoms with Gasteiger partial charge in [0.2, 0.25) is 0 Å². The van der Waals surface area contributed by atoms with Crippen LogP contribution < -0.4 is 10.5 Å². The number of nitrogens with two attached hydrogens (primary N) is 1. The van der Waals surface area contributed by atoms with Gasteiger partial charge >= 0.3 is 0 Å². The molecular formula is C18H23NO. The summed E-state index contributed by atoms with van der Waals surface area (Å²) in [5.74, 6) is 0.919. The van der Waals surface area contributed by atoms with Crippen LogP contribution in [0, 0.1) is 13.8 Å². The SMILES string of the molecule is COc1ccccc1CC(N)Cc1ccc(C)c(C)c1. The van der Waals surface area contributed by atoms with Gasteiger partial charge in [-0.25, -0.2) is 0 Å². The topological polar surface area (TPSA) is 35.2 Å². The van der Waals surface area contributed by atoms with Crippen LogP contribution in [0.3, 0.4) is 0 Å². The van der Waals surface area contributed by atoms with Gasteiger partial charge < -0.3 is 10.5 Å². The number of hydrogen-bond acceptors (Lipinski definition) is 2. The fourth-order valence-corrected chi connectivity index (χ4v) is 2.46. The number of ether oxygens (including phenoxy) is 1. The van der Waals surface area contributed by atoms with Crippen molar-refractivity contribution in [2.75, 3.05) is 7.11 Å². The largest absolute Gasteiger partial charge is 0.496 e. The maximum atomic E-state index is 6.29. The first-order valence-corrected chi connectivity index (χ1v) is 7.03. The summed E-state index contributed by atoms with van der Waals surface area (Å²) in [5.41, 5.74) is 11.4. The van der Waals surface area contributed by atoms with Crippen LogP contribution in [0.5, 0.6) is 5.75 Å². The number of para-hydroxylation sites is 1. The van der Waals surface area contributed by atoms with Crippen molar-refractivity contribution >= 4 is 0 Å². The van der Waals surface area contributed by atoms with E-state index < -0.39 is 0 Å². The van der Waals surface area contributed by atoms with Gasteiger partial charge in [-0.1, -0.05) is 36.4 Å². The number of rotatable bonds is 5. The average molecular weight is 269 g/mol. The Kier molecular flexibility index (Phi) is 4.80. The zero-order valence-electron chi connectivity index (χ0n) is 12.5. The molecule has 0 radical (unpaired) electrons. The molecule has 1 unspecified atom stereocenters. The lowest BCUT2D eigenvalue weighted by molar-refractivity contribution is 0.408. The molecule has 2 N–H and O–H groups in total. The third-order valence-corrected chi connectivity index (χ3v) is 3.74. The van der Waals surface area contributed by atoms with Crippen LogP contribution >= 0.6 is 0 Å². The van der Waals surface area contributed by atoms with E-state index in [2.05, 4.69) is 38.1 Å².